The number of rotatable bonds is 1. The molecule has 21 heavy (non-hydrogen) atoms. The zero-order valence-electron chi connectivity index (χ0n) is 14.1. The van der Waals surface area contributed by atoms with E-state index in [4.69, 9.17) is 0 Å². The third-order valence-electron chi connectivity index (χ3n) is 9.85. The molecule has 118 valence electrons. The molecule has 6 aliphatic rings. The topological polar surface area (TPSA) is 20.2 Å². The Hall–Kier alpha value is -0.0400. The summed E-state index contributed by atoms with van der Waals surface area (Å²) in [6, 6.07) is 0. The van der Waals surface area contributed by atoms with Crippen molar-refractivity contribution in [3.05, 3.63) is 0 Å². The van der Waals surface area contributed by atoms with Crippen LogP contribution in [0.5, 0.6) is 0 Å². The zero-order valence-corrected chi connectivity index (χ0v) is 14.1. The van der Waals surface area contributed by atoms with Gasteiger partial charge in [-0.05, 0) is 90.3 Å². The number of aliphatic hydroxyl groups excluding tert-OH is 1. The Kier molecular flexibility index (Phi) is 2.27. The predicted molar refractivity (Wildman–Crippen MR) is 84.7 cm³/mol. The molecule has 8 atom stereocenters. The average Bonchev–Trinajstić information content (AvgIpc) is 2.90. The molecule has 0 aliphatic heterocycles. The fourth-order valence-corrected chi connectivity index (χ4v) is 8.94. The van der Waals surface area contributed by atoms with Crippen molar-refractivity contribution >= 4 is 0 Å². The molecule has 0 radical (unpaired) electrons. The van der Waals surface area contributed by atoms with E-state index < -0.39 is 0 Å². The van der Waals surface area contributed by atoms with Gasteiger partial charge < -0.3 is 5.11 Å². The highest BCUT2D eigenvalue weighted by Gasteiger charge is 2.78. The summed E-state index contributed by atoms with van der Waals surface area (Å²) in [6.45, 7) is 8.03. The van der Waals surface area contributed by atoms with Gasteiger partial charge in [0.1, 0.15) is 0 Å². The molecular formula is C20H32O. The molecular weight excluding hydrogens is 256 g/mol. The maximum atomic E-state index is 10.1. The summed E-state index contributed by atoms with van der Waals surface area (Å²) in [5.74, 6) is 3.93. The summed E-state index contributed by atoms with van der Waals surface area (Å²) in [5, 5.41) is 10.1. The molecule has 0 aromatic heterocycles. The second kappa shape index (κ2) is 3.55. The Bertz CT molecular complexity index is 500. The van der Waals surface area contributed by atoms with Crippen LogP contribution in [0.3, 0.4) is 0 Å². The lowest BCUT2D eigenvalue weighted by Gasteiger charge is -2.65. The molecule has 0 aromatic carbocycles. The van der Waals surface area contributed by atoms with Gasteiger partial charge in [-0.3, -0.25) is 0 Å². The summed E-state index contributed by atoms with van der Waals surface area (Å²) < 4.78 is 0. The van der Waals surface area contributed by atoms with Gasteiger partial charge in [0.25, 0.3) is 0 Å². The molecule has 0 aromatic rings. The van der Waals surface area contributed by atoms with E-state index in [-0.39, 0.29) is 5.41 Å². The molecule has 6 fully saturated rings. The van der Waals surface area contributed by atoms with E-state index in [1.807, 2.05) is 0 Å². The van der Waals surface area contributed by atoms with Gasteiger partial charge in [-0.25, -0.2) is 0 Å². The summed E-state index contributed by atoms with van der Waals surface area (Å²) in [6.07, 6.45) is 11.6. The summed E-state index contributed by atoms with van der Waals surface area (Å²) in [4.78, 5) is 0. The van der Waals surface area contributed by atoms with Crippen LogP contribution in [0.25, 0.3) is 0 Å². The van der Waals surface area contributed by atoms with Gasteiger partial charge >= 0.3 is 0 Å². The average molecular weight is 288 g/mol. The van der Waals surface area contributed by atoms with Crippen molar-refractivity contribution in [2.75, 3.05) is 6.61 Å². The molecule has 0 heterocycles. The SMILES string of the molecule is C[C@@]1(CO)CCC[C@]2(C)[C@@H]1CC[C@@]13CC4[C@@H](C[C@H]12)[C@@]4(C)C3. The molecule has 1 unspecified atom stereocenters. The lowest BCUT2D eigenvalue weighted by Crippen LogP contribution is -2.58. The fourth-order valence-electron chi connectivity index (χ4n) is 8.94. The van der Waals surface area contributed by atoms with Gasteiger partial charge in [0.05, 0.1) is 0 Å². The highest BCUT2D eigenvalue weighted by molar-refractivity contribution is 5.26. The predicted octanol–water partition coefficient (Wildman–Crippen LogP) is 4.64. The minimum Gasteiger partial charge on any atom is -0.396 e. The third-order valence-corrected chi connectivity index (χ3v) is 9.85. The van der Waals surface area contributed by atoms with Crippen molar-refractivity contribution < 1.29 is 5.11 Å². The van der Waals surface area contributed by atoms with Gasteiger partial charge in [0.2, 0.25) is 0 Å². The van der Waals surface area contributed by atoms with Crippen molar-refractivity contribution in [1.29, 1.82) is 0 Å². The molecule has 4 bridgehead atoms. The molecule has 1 N–H and O–H groups in total. The van der Waals surface area contributed by atoms with Crippen molar-refractivity contribution in [1.82, 2.24) is 0 Å². The van der Waals surface area contributed by atoms with Crippen LogP contribution in [0, 0.1) is 45.3 Å². The largest absolute Gasteiger partial charge is 0.396 e. The van der Waals surface area contributed by atoms with E-state index in [1.54, 1.807) is 12.8 Å². The molecule has 0 saturated heterocycles. The Morgan fingerprint density at radius 2 is 1.76 bits per heavy atom. The molecule has 1 heteroatoms. The van der Waals surface area contributed by atoms with E-state index in [0.29, 0.717) is 17.4 Å². The minimum absolute atomic E-state index is 0.210. The number of hydrogen-bond acceptors (Lipinski definition) is 1. The van der Waals surface area contributed by atoms with Crippen molar-refractivity contribution in [3.63, 3.8) is 0 Å². The Morgan fingerprint density at radius 1 is 0.952 bits per heavy atom. The van der Waals surface area contributed by atoms with Crippen LogP contribution >= 0.6 is 0 Å². The van der Waals surface area contributed by atoms with Gasteiger partial charge in [0, 0.05) is 6.61 Å². The first-order chi connectivity index (χ1) is 9.88. The first-order valence-corrected chi connectivity index (χ1v) is 9.49. The maximum Gasteiger partial charge on any atom is 0.0487 e. The smallest absolute Gasteiger partial charge is 0.0487 e. The molecule has 6 aliphatic carbocycles. The monoisotopic (exact) mass is 288 g/mol. The Labute approximate surface area is 129 Å². The lowest BCUT2D eigenvalue weighted by atomic mass is 9.39. The zero-order chi connectivity index (χ0) is 14.7. The lowest BCUT2D eigenvalue weighted by molar-refractivity contribution is -0.172. The first-order valence-electron chi connectivity index (χ1n) is 9.49. The second-order valence-electron chi connectivity index (χ2n) is 10.5. The van der Waals surface area contributed by atoms with Crippen LogP contribution in [-0.4, -0.2) is 11.7 Å². The second-order valence-corrected chi connectivity index (χ2v) is 10.5. The number of aliphatic hydroxyl groups is 1. The van der Waals surface area contributed by atoms with Crippen LogP contribution in [0.2, 0.25) is 0 Å². The molecule has 1 spiro atoms. The van der Waals surface area contributed by atoms with E-state index in [9.17, 15) is 5.11 Å². The summed E-state index contributed by atoms with van der Waals surface area (Å²) in [5.41, 5.74) is 2.21. The van der Waals surface area contributed by atoms with E-state index in [2.05, 4.69) is 20.8 Å². The van der Waals surface area contributed by atoms with Crippen LogP contribution in [0.1, 0.15) is 72.1 Å². The van der Waals surface area contributed by atoms with Gasteiger partial charge in [0.15, 0.2) is 0 Å². The Morgan fingerprint density at radius 3 is 2.43 bits per heavy atom. The maximum absolute atomic E-state index is 10.1. The Balaban J connectivity index is 1.55. The van der Waals surface area contributed by atoms with E-state index in [1.165, 1.54) is 38.5 Å². The number of fused-ring (bicyclic) bond motifs is 1. The normalized spacial score (nSPS) is 67.4. The third kappa shape index (κ3) is 1.32. The van der Waals surface area contributed by atoms with Crippen LogP contribution < -0.4 is 0 Å². The molecule has 6 saturated carbocycles. The van der Waals surface area contributed by atoms with Crippen LogP contribution in [0.4, 0.5) is 0 Å². The first kappa shape index (κ1) is 13.4. The fraction of sp³-hybridized carbons (Fsp3) is 1.00. The molecule has 0 amide bonds. The van der Waals surface area contributed by atoms with Gasteiger partial charge in [-0.1, -0.05) is 27.2 Å². The molecule has 6 rings (SSSR count). The van der Waals surface area contributed by atoms with Crippen LogP contribution in [-0.2, 0) is 0 Å². The van der Waals surface area contributed by atoms with Gasteiger partial charge in [-0.2, -0.15) is 0 Å². The van der Waals surface area contributed by atoms with E-state index >= 15 is 0 Å². The van der Waals surface area contributed by atoms with Crippen molar-refractivity contribution in [2.24, 2.45) is 45.3 Å². The number of hydrogen-bond donors (Lipinski definition) is 1. The minimum atomic E-state index is 0.210. The van der Waals surface area contributed by atoms with Gasteiger partial charge in [-0.15, -0.1) is 0 Å². The van der Waals surface area contributed by atoms with Crippen molar-refractivity contribution in [2.45, 2.75) is 72.1 Å². The summed E-state index contributed by atoms with van der Waals surface area (Å²) in [7, 11) is 0. The quantitative estimate of drug-likeness (QED) is 0.745. The van der Waals surface area contributed by atoms with Crippen LogP contribution in [0.15, 0.2) is 0 Å². The molecule has 1 nitrogen and oxygen atoms in total. The van der Waals surface area contributed by atoms with Crippen molar-refractivity contribution in [3.8, 4) is 0 Å². The standard InChI is InChI=1S/C20H32O/c1-17(12-21)6-4-7-18(2)15(17)5-8-20-10-14-13(9-16(18)20)19(14,3)11-20/h13-16,21H,4-12H2,1-3H3/t13-,14?,15-,16+,17+,18-,19-,20+/m1/s1. The summed E-state index contributed by atoms with van der Waals surface area (Å²) >= 11 is 0. The highest BCUT2D eigenvalue weighted by atomic mass is 16.3. The van der Waals surface area contributed by atoms with E-state index in [0.717, 1.165) is 29.1 Å². The highest BCUT2D eigenvalue weighted by Crippen LogP contribution is 2.85.